The van der Waals surface area contributed by atoms with Gasteiger partial charge in [0.05, 0.1) is 9.73 Å². The van der Waals surface area contributed by atoms with Crippen molar-refractivity contribution in [3.05, 3.63) is 30.1 Å². The molecule has 1 unspecified atom stereocenters. The normalized spacial score (nSPS) is 13.9. The Bertz CT molecular complexity index is 519. The van der Waals surface area contributed by atoms with Gasteiger partial charge in [0.1, 0.15) is 12.4 Å². The maximum Gasteiger partial charge on any atom is 0.279 e. The lowest BCUT2D eigenvalue weighted by Crippen LogP contribution is -2.10. The lowest BCUT2D eigenvalue weighted by atomic mass is 10.4. The standard InChI is InChI=1S/C12H16FNO3S/c1-3-8-17-9-12(15)14-18(2,16)11-6-4-10(13)5-7-11/h4-7H,3,8-9H2,1-2H3. The van der Waals surface area contributed by atoms with E-state index in [9.17, 15) is 13.4 Å². The van der Waals surface area contributed by atoms with Crippen molar-refractivity contribution < 1.29 is 18.1 Å². The zero-order valence-corrected chi connectivity index (χ0v) is 11.2. The number of amides is 1. The summed E-state index contributed by atoms with van der Waals surface area (Å²) in [5, 5.41) is 0. The first-order valence-electron chi connectivity index (χ1n) is 5.54. The molecule has 4 nitrogen and oxygen atoms in total. The van der Waals surface area contributed by atoms with Crippen molar-refractivity contribution in [3.8, 4) is 0 Å². The number of rotatable bonds is 5. The highest BCUT2D eigenvalue weighted by Gasteiger charge is 2.09. The van der Waals surface area contributed by atoms with Gasteiger partial charge in [-0.2, -0.15) is 4.36 Å². The molecule has 0 N–H and O–H groups in total. The molecule has 0 aromatic heterocycles. The SMILES string of the molecule is CCCOCC(=O)N=S(C)(=O)c1ccc(F)cc1. The number of benzene rings is 1. The molecule has 1 aromatic rings. The van der Waals surface area contributed by atoms with Crippen LogP contribution < -0.4 is 0 Å². The summed E-state index contributed by atoms with van der Waals surface area (Å²) in [6.45, 7) is 2.20. The van der Waals surface area contributed by atoms with E-state index in [-0.39, 0.29) is 6.61 Å². The molecule has 0 radical (unpaired) electrons. The van der Waals surface area contributed by atoms with Crippen LogP contribution in [-0.4, -0.2) is 29.6 Å². The third kappa shape index (κ3) is 4.54. The van der Waals surface area contributed by atoms with E-state index in [1.54, 1.807) is 0 Å². The smallest absolute Gasteiger partial charge is 0.279 e. The second-order valence-corrected chi connectivity index (χ2v) is 6.05. The molecule has 1 rings (SSSR count). The van der Waals surface area contributed by atoms with Crippen molar-refractivity contribution in [2.75, 3.05) is 19.5 Å². The van der Waals surface area contributed by atoms with E-state index in [4.69, 9.17) is 4.74 Å². The Labute approximate surface area is 106 Å². The molecule has 0 aliphatic carbocycles. The summed E-state index contributed by atoms with van der Waals surface area (Å²) in [6.07, 6.45) is 2.14. The number of hydrogen-bond donors (Lipinski definition) is 0. The highest BCUT2D eigenvalue weighted by Crippen LogP contribution is 2.12. The third-order valence-electron chi connectivity index (χ3n) is 2.10. The maximum atomic E-state index is 12.7. The summed E-state index contributed by atoms with van der Waals surface area (Å²) in [6, 6.07) is 5.10. The van der Waals surface area contributed by atoms with Crippen molar-refractivity contribution in [2.24, 2.45) is 4.36 Å². The predicted octanol–water partition coefficient (Wildman–Crippen LogP) is 2.24. The van der Waals surface area contributed by atoms with Gasteiger partial charge in [0, 0.05) is 17.8 Å². The average Bonchev–Trinajstić information content (AvgIpc) is 2.29. The lowest BCUT2D eigenvalue weighted by Gasteiger charge is -2.04. The van der Waals surface area contributed by atoms with Crippen LogP contribution in [0.25, 0.3) is 0 Å². The van der Waals surface area contributed by atoms with E-state index in [2.05, 4.69) is 4.36 Å². The van der Waals surface area contributed by atoms with Crippen LogP contribution in [0.4, 0.5) is 4.39 Å². The minimum Gasteiger partial charge on any atom is -0.372 e. The Morgan fingerprint density at radius 3 is 2.56 bits per heavy atom. The Morgan fingerprint density at radius 2 is 2.00 bits per heavy atom. The van der Waals surface area contributed by atoms with Crippen LogP contribution in [-0.2, 0) is 19.3 Å². The molecule has 0 aliphatic rings. The second kappa shape index (κ2) is 6.61. The number of nitrogens with zero attached hydrogens (tertiary/aromatic N) is 1. The monoisotopic (exact) mass is 273 g/mol. The molecular weight excluding hydrogens is 257 g/mol. The largest absolute Gasteiger partial charge is 0.372 e. The van der Waals surface area contributed by atoms with Gasteiger partial charge in [0.15, 0.2) is 0 Å². The number of ether oxygens (including phenoxy) is 1. The van der Waals surface area contributed by atoms with Crippen LogP contribution in [0.5, 0.6) is 0 Å². The van der Waals surface area contributed by atoms with Crippen LogP contribution in [0, 0.1) is 5.82 Å². The minimum atomic E-state index is -2.83. The second-order valence-electron chi connectivity index (χ2n) is 3.79. The molecule has 0 saturated heterocycles. The van der Waals surface area contributed by atoms with Gasteiger partial charge >= 0.3 is 0 Å². The van der Waals surface area contributed by atoms with E-state index in [1.807, 2.05) is 6.92 Å². The molecule has 0 aliphatic heterocycles. The highest BCUT2D eigenvalue weighted by atomic mass is 32.2. The average molecular weight is 273 g/mol. The Morgan fingerprint density at radius 1 is 1.39 bits per heavy atom. The molecule has 0 spiro atoms. The number of hydrogen-bond acceptors (Lipinski definition) is 3. The lowest BCUT2D eigenvalue weighted by molar-refractivity contribution is -0.122. The molecule has 6 heteroatoms. The van der Waals surface area contributed by atoms with Crippen molar-refractivity contribution in [1.82, 2.24) is 0 Å². The molecular formula is C12H16FNO3S. The van der Waals surface area contributed by atoms with Crippen molar-refractivity contribution >= 4 is 15.6 Å². The van der Waals surface area contributed by atoms with Gasteiger partial charge in [-0.05, 0) is 30.7 Å². The van der Waals surface area contributed by atoms with E-state index in [1.165, 1.54) is 30.5 Å². The first-order chi connectivity index (χ1) is 8.45. The fourth-order valence-corrected chi connectivity index (χ4v) is 2.45. The zero-order chi connectivity index (χ0) is 13.6. The molecule has 0 heterocycles. The number of carbonyl (C=O) groups excluding carboxylic acids is 1. The van der Waals surface area contributed by atoms with Gasteiger partial charge in [-0.3, -0.25) is 4.79 Å². The van der Waals surface area contributed by atoms with Gasteiger partial charge in [0.2, 0.25) is 0 Å². The topological polar surface area (TPSA) is 55.7 Å². The van der Waals surface area contributed by atoms with E-state index >= 15 is 0 Å². The summed E-state index contributed by atoms with van der Waals surface area (Å²) < 4.78 is 33.5. The fourth-order valence-electron chi connectivity index (χ4n) is 1.26. The van der Waals surface area contributed by atoms with Gasteiger partial charge in [-0.25, -0.2) is 8.60 Å². The molecule has 18 heavy (non-hydrogen) atoms. The van der Waals surface area contributed by atoms with Gasteiger partial charge in [0.25, 0.3) is 5.91 Å². The van der Waals surface area contributed by atoms with Crippen molar-refractivity contribution in [2.45, 2.75) is 18.2 Å². The van der Waals surface area contributed by atoms with Crippen molar-refractivity contribution in [1.29, 1.82) is 0 Å². The van der Waals surface area contributed by atoms with E-state index in [0.29, 0.717) is 11.5 Å². The summed E-state index contributed by atoms with van der Waals surface area (Å²) in [5.74, 6) is -0.994. The number of carbonyl (C=O) groups is 1. The maximum absolute atomic E-state index is 12.7. The minimum absolute atomic E-state index is 0.181. The predicted molar refractivity (Wildman–Crippen MR) is 67.3 cm³/mol. The molecule has 100 valence electrons. The zero-order valence-electron chi connectivity index (χ0n) is 10.4. The van der Waals surface area contributed by atoms with E-state index < -0.39 is 21.5 Å². The van der Waals surface area contributed by atoms with Gasteiger partial charge in [-0.15, -0.1) is 0 Å². The Hall–Kier alpha value is -1.27. The van der Waals surface area contributed by atoms with Crippen LogP contribution >= 0.6 is 0 Å². The molecule has 0 fully saturated rings. The molecule has 1 atom stereocenters. The van der Waals surface area contributed by atoms with Gasteiger partial charge in [-0.1, -0.05) is 6.92 Å². The first-order valence-corrected chi connectivity index (χ1v) is 7.46. The van der Waals surface area contributed by atoms with Crippen LogP contribution in [0.1, 0.15) is 13.3 Å². The molecule has 0 saturated carbocycles. The van der Waals surface area contributed by atoms with Crippen LogP contribution in [0.3, 0.4) is 0 Å². The molecule has 1 amide bonds. The fraction of sp³-hybridized carbons (Fsp3) is 0.417. The summed E-state index contributed by atoms with van der Waals surface area (Å²) in [5.41, 5.74) is 0. The van der Waals surface area contributed by atoms with Gasteiger partial charge < -0.3 is 4.74 Å². The Kier molecular flexibility index (Phi) is 5.43. The summed E-state index contributed by atoms with van der Waals surface area (Å²) >= 11 is 0. The van der Waals surface area contributed by atoms with Crippen LogP contribution in [0.15, 0.2) is 33.5 Å². The highest BCUT2D eigenvalue weighted by molar-refractivity contribution is 7.93. The third-order valence-corrected chi connectivity index (χ3v) is 3.80. The van der Waals surface area contributed by atoms with E-state index in [0.717, 1.165) is 6.42 Å². The summed E-state index contributed by atoms with van der Waals surface area (Å²) in [7, 11) is -2.83. The first kappa shape index (κ1) is 14.8. The molecule has 0 bridgehead atoms. The number of halogens is 1. The Balaban J connectivity index is 2.82. The quantitative estimate of drug-likeness (QED) is 0.773. The van der Waals surface area contributed by atoms with Crippen LogP contribution in [0.2, 0.25) is 0 Å². The summed E-state index contributed by atoms with van der Waals surface area (Å²) in [4.78, 5) is 11.8. The molecule has 1 aromatic carbocycles. The van der Waals surface area contributed by atoms with Crippen molar-refractivity contribution in [3.63, 3.8) is 0 Å².